The van der Waals surface area contributed by atoms with Crippen LogP contribution in [0.25, 0.3) is 6.08 Å². The lowest BCUT2D eigenvalue weighted by molar-refractivity contribution is -0.127. The fourth-order valence-electron chi connectivity index (χ4n) is 3.79. The number of imide groups is 1. The summed E-state index contributed by atoms with van der Waals surface area (Å²) in [4.78, 5) is 51.2. The molecule has 1 saturated heterocycles. The van der Waals surface area contributed by atoms with Crippen LogP contribution >= 0.6 is 27.7 Å². The summed E-state index contributed by atoms with van der Waals surface area (Å²) in [6.07, 6.45) is 1.58. The molecule has 0 radical (unpaired) electrons. The zero-order valence-corrected chi connectivity index (χ0v) is 23.7. The number of ether oxygens (including phenoxy) is 1. The molecule has 200 valence electrons. The maximum Gasteiger partial charge on any atom is 0.294 e. The first-order chi connectivity index (χ1) is 18.7. The number of amides is 4. The van der Waals surface area contributed by atoms with Gasteiger partial charge in [0.2, 0.25) is 5.91 Å². The summed E-state index contributed by atoms with van der Waals surface area (Å²) >= 11 is 4.12. The van der Waals surface area contributed by atoms with Crippen LogP contribution in [0.1, 0.15) is 30.9 Å². The Kier molecular flexibility index (Phi) is 9.21. The van der Waals surface area contributed by atoms with Gasteiger partial charge in [0.15, 0.2) is 6.61 Å². The predicted octanol–water partition coefficient (Wildman–Crippen LogP) is 6.27. The molecule has 0 aromatic heterocycles. The van der Waals surface area contributed by atoms with Crippen molar-refractivity contribution in [2.24, 2.45) is 0 Å². The van der Waals surface area contributed by atoms with E-state index in [0.717, 1.165) is 27.9 Å². The Morgan fingerprint density at radius 2 is 1.56 bits per heavy atom. The Labute approximate surface area is 238 Å². The highest BCUT2D eigenvalue weighted by molar-refractivity contribution is 9.10. The van der Waals surface area contributed by atoms with E-state index in [1.165, 1.54) is 0 Å². The highest BCUT2D eigenvalue weighted by Gasteiger charge is 2.36. The second-order valence-corrected chi connectivity index (χ2v) is 10.8. The SMILES string of the molecule is CC(C)c1ccccc1NC(=O)COc1ccc(/C=C2/SC(=O)N(CC(=O)Nc3ccccc3Br)C2=O)cc1. The van der Waals surface area contributed by atoms with E-state index >= 15 is 0 Å². The van der Waals surface area contributed by atoms with Crippen molar-refractivity contribution in [2.45, 2.75) is 19.8 Å². The first kappa shape index (κ1) is 28.1. The minimum atomic E-state index is -0.536. The Bertz CT molecular complexity index is 1440. The van der Waals surface area contributed by atoms with E-state index in [9.17, 15) is 19.2 Å². The van der Waals surface area contributed by atoms with Gasteiger partial charge >= 0.3 is 0 Å². The molecule has 1 fully saturated rings. The second kappa shape index (κ2) is 12.8. The summed E-state index contributed by atoms with van der Waals surface area (Å²) in [7, 11) is 0. The number of rotatable bonds is 9. The fraction of sp³-hybridized carbons (Fsp3) is 0.172. The number of halogens is 1. The van der Waals surface area contributed by atoms with Gasteiger partial charge < -0.3 is 15.4 Å². The summed E-state index contributed by atoms with van der Waals surface area (Å²) in [5.41, 5.74) is 3.02. The molecule has 0 unspecified atom stereocenters. The molecule has 3 aromatic carbocycles. The number of benzene rings is 3. The van der Waals surface area contributed by atoms with E-state index in [1.807, 2.05) is 30.3 Å². The number of thioether (sulfide) groups is 1. The molecule has 3 aromatic rings. The number of hydrogen-bond donors (Lipinski definition) is 2. The van der Waals surface area contributed by atoms with Crippen LogP contribution in [0, 0.1) is 0 Å². The van der Waals surface area contributed by atoms with Crippen molar-refractivity contribution in [3.05, 3.63) is 93.3 Å². The van der Waals surface area contributed by atoms with Gasteiger partial charge in [0.25, 0.3) is 17.1 Å². The molecule has 1 aliphatic heterocycles. The number of nitrogens with one attached hydrogen (secondary N) is 2. The van der Waals surface area contributed by atoms with Gasteiger partial charge in [-0.2, -0.15) is 0 Å². The van der Waals surface area contributed by atoms with Gasteiger partial charge in [-0.15, -0.1) is 0 Å². The standard InChI is InChI=1S/C29H26BrN3O5S/c1-18(2)21-7-3-5-9-23(21)31-27(35)17-38-20-13-11-19(12-14-20)15-25-28(36)33(29(37)39-25)16-26(34)32-24-10-6-4-8-22(24)30/h3-15,18H,16-17H2,1-2H3,(H,31,35)(H,32,34)/b25-15+. The zero-order valence-electron chi connectivity index (χ0n) is 21.3. The lowest BCUT2D eigenvalue weighted by Gasteiger charge is -2.14. The summed E-state index contributed by atoms with van der Waals surface area (Å²) in [5.74, 6) is -0.541. The average Bonchev–Trinajstić information content (AvgIpc) is 3.17. The largest absolute Gasteiger partial charge is 0.484 e. The topological polar surface area (TPSA) is 105 Å². The molecule has 39 heavy (non-hydrogen) atoms. The summed E-state index contributed by atoms with van der Waals surface area (Å²) < 4.78 is 6.30. The number of carbonyl (C=O) groups excluding carboxylic acids is 4. The van der Waals surface area contributed by atoms with E-state index in [-0.39, 0.29) is 29.9 Å². The molecule has 0 aliphatic carbocycles. The van der Waals surface area contributed by atoms with Gasteiger partial charge in [-0.3, -0.25) is 24.1 Å². The monoisotopic (exact) mass is 607 g/mol. The van der Waals surface area contributed by atoms with Crippen molar-refractivity contribution in [2.75, 3.05) is 23.8 Å². The van der Waals surface area contributed by atoms with Crippen molar-refractivity contribution >= 4 is 68.1 Å². The average molecular weight is 609 g/mol. The van der Waals surface area contributed by atoms with Crippen molar-refractivity contribution in [3.63, 3.8) is 0 Å². The van der Waals surface area contributed by atoms with Crippen LogP contribution in [0.15, 0.2) is 82.2 Å². The molecular formula is C29H26BrN3O5S. The van der Waals surface area contributed by atoms with Crippen LogP contribution < -0.4 is 15.4 Å². The minimum absolute atomic E-state index is 0.160. The van der Waals surface area contributed by atoms with Gasteiger partial charge in [0.1, 0.15) is 12.3 Å². The Balaban J connectivity index is 1.32. The Morgan fingerprint density at radius 1 is 0.923 bits per heavy atom. The molecule has 1 heterocycles. The zero-order chi connectivity index (χ0) is 27.9. The quantitative estimate of drug-likeness (QED) is 0.278. The minimum Gasteiger partial charge on any atom is -0.484 e. The van der Waals surface area contributed by atoms with Crippen molar-refractivity contribution in [1.29, 1.82) is 0 Å². The van der Waals surface area contributed by atoms with Gasteiger partial charge in [-0.05, 0) is 81.1 Å². The second-order valence-electron chi connectivity index (χ2n) is 8.94. The first-order valence-corrected chi connectivity index (χ1v) is 13.7. The van der Waals surface area contributed by atoms with E-state index in [2.05, 4.69) is 40.4 Å². The van der Waals surface area contributed by atoms with Crippen LogP contribution in [0.3, 0.4) is 0 Å². The van der Waals surface area contributed by atoms with E-state index < -0.39 is 17.1 Å². The van der Waals surface area contributed by atoms with Crippen molar-refractivity contribution in [3.8, 4) is 5.75 Å². The number of para-hydroxylation sites is 2. The lowest BCUT2D eigenvalue weighted by atomic mass is 10.0. The van der Waals surface area contributed by atoms with Gasteiger partial charge in [-0.25, -0.2) is 0 Å². The molecule has 0 saturated carbocycles. The van der Waals surface area contributed by atoms with E-state index in [1.54, 1.807) is 48.5 Å². The van der Waals surface area contributed by atoms with Crippen molar-refractivity contribution < 1.29 is 23.9 Å². The molecule has 8 nitrogen and oxygen atoms in total. The molecule has 0 spiro atoms. The number of hydrogen-bond acceptors (Lipinski definition) is 6. The lowest BCUT2D eigenvalue weighted by Crippen LogP contribution is -2.36. The maximum absolute atomic E-state index is 12.8. The van der Waals surface area contributed by atoms with Crippen LogP contribution in [-0.4, -0.2) is 41.0 Å². The highest BCUT2D eigenvalue weighted by Crippen LogP contribution is 2.32. The summed E-state index contributed by atoms with van der Waals surface area (Å²) in [6.45, 7) is 3.57. The van der Waals surface area contributed by atoms with Gasteiger partial charge in [0, 0.05) is 10.2 Å². The Morgan fingerprint density at radius 3 is 2.26 bits per heavy atom. The van der Waals surface area contributed by atoms with Crippen LogP contribution in [0.4, 0.5) is 16.2 Å². The molecule has 4 rings (SSSR count). The van der Waals surface area contributed by atoms with Gasteiger partial charge in [-0.1, -0.05) is 56.3 Å². The van der Waals surface area contributed by atoms with Crippen LogP contribution in [0.5, 0.6) is 5.75 Å². The summed E-state index contributed by atoms with van der Waals surface area (Å²) in [6, 6.07) is 21.5. The molecule has 1 aliphatic rings. The molecule has 0 bridgehead atoms. The third kappa shape index (κ3) is 7.36. The maximum atomic E-state index is 12.8. The van der Waals surface area contributed by atoms with E-state index in [4.69, 9.17) is 4.74 Å². The number of anilines is 2. The molecule has 4 amide bonds. The van der Waals surface area contributed by atoms with Gasteiger partial charge in [0.05, 0.1) is 10.6 Å². The third-order valence-electron chi connectivity index (χ3n) is 5.73. The smallest absolute Gasteiger partial charge is 0.294 e. The van der Waals surface area contributed by atoms with E-state index in [0.29, 0.717) is 21.5 Å². The Hall–Kier alpha value is -3.89. The summed E-state index contributed by atoms with van der Waals surface area (Å²) in [5, 5.41) is 5.05. The fourth-order valence-corrected chi connectivity index (χ4v) is 5.02. The number of carbonyl (C=O) groups is 4. The first-order valence-electron chi connectivity index (χ1n) is 12.1. The molecule has 2 N–H and O–H groups in total. The predicted molar refractivity (Wildman–Crippen MR) is 157 cm³/mol. The molecule has 0 atom stereocenters. The third-order valence-corrected chi connectivity index (χ3v) is 7.33. The van der Waals surface area contributed by atoms with Crippen LogP contribution in [0.2, 0.25) is 0 Å². The molecule has 10 heteroatoms. The number of nitrogens with zero attached hydrogens (tertiary/aromatic N) is 1. The van der Waals surface area contributed by atoms with Crippen molar-refractivity contribution in [1.82, 2.24) is 4.90 Å². The normalized spacial score (nSPS) is 14.2. The molecular weight excluding hydrogens is 582 g/mol. The van der Waals surface area contributed by atoms with Crippen LogP contribution in [-0.2, 0) is 14.4 Å². The highest BCUT2D eigenvalue weighted by atomic mass is 79.9.